The Morgan fingerprint density at radius 1 is 1.13 bits per heavy atom. The van der Waals surface area contributed by atoms with Crippen molar-refractivity contribution in [2.75, 3.05) is 24.6 Å². The number of morpholine rings is 1. The maximum absolute atomic E-state index is 11.2. The quantitative estimate of drug-likeness (QED) is 0.440. The number of carbonyl (C=O) groups excluding carboxylic acids is 2. The summed E-state index contributed by atoms with van der Waals surface area (Å²) in [6.07, 6.45) is 1.60. The van der Waals surface area contributed by atoms with Gasteiger partial charge < -0.3 is 4.74 Å². The number of esters is 2. The molecule has 0 aromatic rings. The first-order valence-corrected chi connectivity index (χ1v) is 6.46. The number of nitrogens with zero attached hydrogens (tertiary/aromatic N) is 1. The molecule has 15 heavy (non-hydrogen) atoms. The highest BCUT2D eigenvalue weighted by molar-refractivity contribution is 7.85. The van der Waals surface area contributed by atoms with Crippen molar-refractivity contribution in [3.05, 3.63) is 0 Å². The Morgan fingerprint density at radius 3 is 2.20 bits per heavy atom. The van der Waals surface area contributed by atoms with Crippen LogP contribution in [0.5, 0.6) is 0 Å². The van der Waals surface area contributed by atoms with Crippen LogP contribution in [0.15, 0.2) is 0 Å². The largest absolute Gasteiger partial charge is 0.391 e. The van der Waals surface area contributed by atoms with Gasteiger partial charge in [0.25, 0.3) is 0 Å². The zero-order valence-electron chi connectivity index (χ0n) is 8.31. The summed E-state index contributed by atoms with van der Waals surface area (Å²) >= 11 is 0. The predicted molar refractivity (Wildman–Crippen MR) is 53.6 cm³/mol. The van der Waals surface area contributed by atoms with E-state index in [4.69, 9.17) is 0 Å². The zero-order chi connectivity index (χ0) is 10.8. The molecule has 0 aromatic heterocycles. The summed E-state index contributed by atoms with van der Waals surface area (Å²) in [5, 5.41) is 0. The van der Waals surface area contributed by atoms with Crippen molar-refractivity contribution in [3.63, 3.8) is 0 Å². The van der Waals surface area contributed by atoms with Gasteiger partial charge >= 0.3 is 11.9 Å². The summed E-state index contributed by atoms with van der Waals surface area (Å²) in [7, 11) is -0.711. The molecule has 84 valence electrons. The molecule has 2 aliphatic rings. The number of hydrogen-bond donors (Lipinski definition) is 0. The summed E-state index contributed by atoms with van der Waals surface area (Å²) in [5.41, 5.74) is 0. The lowest BCUT2D eigenvalue weighted by atomic mass is 10.1. The molecular formula is C9H13NO4S. The van der Waals surface area contributed by atoms with E-state index in [1.54, 1.807) is 0 Å². The smallest absolute Gasteiger partial charge is 0.327 e. The molecule has 0 amide bonds. The van der Waals surface area contributed by atoms with Gasteiger partial charge in [0, 0.05) is 28.3 Å². The van der Waals surface area contributed by atoms with Crippen molar-refractivity contribution < 1.29 is 18.5 Å². The molecule has 0 spiro atoms. The molecule has 2 aliphatic heterocycles. The minimum absolute atomic E-state index is 0.184. The highest BCUT2D eigenvalue weighted by Crippen LogP contribution is 2.17. The van der Waals surface area contributed by atoms with E-state index in [0.717, 1.165) is 12.8 Å². The molecule has 0 aromatic carbocycles. The minimum Gasteiger partial charge on any atom is -0.391 e. The summed E-state index contributed by atoms with van der Waals surface area (Å²) < 4.78 is 15.6. The molecule has 0 radical (unpaired) electrons. The van der Waals surface area contributed by atoms with E-state index in [2.05, 4.69) is 4.74 Å². The molecule has 0 atom stereocenters. The van der Waals surface area contributed by atoms with Gasteiger partial charge in [0.15, 0.2) is 0 Å². The van der Waals surface area contributed by atoms with Gasteiger partial charge in [0.1, 0.15) is 0 Å². The van der Waals surface area contributed by atoms with Gasteiger partial charge in [0.2, 0.25) is 0 Å². The van der Waals surface area contributed by atoms with Crippen molar-refractivity contribution in [2.24, 2.45) is 0 Å². The normalized spacial score (nSPS) is 33.9. The van der Waals surface area contributed by atoms with E-state index in [9.17, 15) is 13.8 Å². The van der Waals surface area contributed by atoms with Crippen molar-refractivity contribution in [2.45, 2.75) is 18.9 Å². The summed E-state index contributed by atoms with van der Waals surface area (Å²) in [6.45, 7) is 0.367. The Hall–Kier alpha value is -0.750. The molecule has 2 fully saturated rings. The number of ether oxygens (including phenoxy) is 1. The third-order valence-corrected chi connectivity index (χ3v) is 4.15. The Bertz CT molecular complexity index is 291. The zero-order valence-corrected chi connectivity index (χ0v) is 9.12. The molecule has 5 nitrogen and oxygen atoms in total. The average molecular weight is 231 g/mol. The van der Waals surface area contributed by atoms with E-state index in [1.165, 1.54) is 0 Å². The fourth-order valence-corrected chi connectivity index (χ4v) is 3.26. The van der Waals surface area contributed by atoms with E-state index in [1.807, 2.05) is 4.90 Å². The van der Waals surface area contributed by atoms with Gasteiger partial charge in [0.05, 0.1) is 13.1 Å². The molecule has 0 unspecified atom stereocenters. The number of rotatable bonds is 1. The Morgan fingerprint density at radius 2 is 1.67 bits per heavy atom. The lowest BCUT2D eigenvalue weighted by molar-refractivity contribution is -0.168. The topological polar surface area (TPSA) is 63.7 Å². The van der Waals surface area contributed by atoms with E-state index in [0.29, 0.717) is 11.5 Å². The molecule has 0 saturated carbocycles. The van der Waals surface area contributed by atoms with Crippen LogP contribution in [0, 0.1) is 0 Å². The second kappa shape index (κ2) is 4.40. The molecule has 2 heterocycles. The lowest BCUT2D eigenvalue weighted by Crippen LogP contribution is -2.50. The Labute approximate surface area is 90.2 Å². The van der Waals surface area contributed by atoms with Gasteiger partial charge in [-0.05, 0) is 12.8 Å². The van der Waals surface area contributed by atoms with Gasteiger partial charge in [-0.3, -0.25) is 18.7 Å². The third-order valence-electron chi connectivity index (χ3n) is 2.77. The van der Waals surface area contributed by atoms with Crippen molar-refractivity contribution in [3.8, 4) is 0 Å². The SMILES string of the molecule is O=C1CN(C2CCS(=O)CC2)CC(=O)O1. The highest BCUT2D eigenvalue weighted by Gasteiger charge is 2.31. The first-order chi connectivity index (χ1) is 7.15. The lowest BCUT2D eigenvalue weighted by Gasteiger charge is -2.34. The van der Waals surface area contributed by atoms with E-state index in [-0.39, 0.29) is 19.1 Å². The van der Waals surface area contributed by atoms with Crippen LogP contribution in [0.4, 0.5) is 0 Å². The van der Waals surface area contributed by atoms with Crippen molar-refractivity contribution in [1.29, 1.82) is 0 Å². The molecule has 2 saturated heterocycles. The van der Waals surface area contributed by atoms with Crippen LogP contribution < -0.4 is 0 Å². The first-order valence-electron chi connectivity index (χ1n) is 4.97. The van der Waals surface area contributed by atoms with Gasteiger partial charge in [-0.2, -0.15) is 0 Å². The summed E-state index contributed by atoms with van der Waals surface area (Å²) in [6, 6.07) is 0.208. The molecule has 2 rings (SSSR count). The second-order valence-corrected chi connectivity index (χ2v) is 5.53. The monoisotopic (exact) mass is 231 g/mol. The molecule has 6 heteroatoms. The minimum atomic E-state index is -0.711. The maximum atomic E-state index is 11.2. The average Bonchev–Trinajstić information content (AvgIpc) is 2.17. The molecular weight excluding hydrogens is 218 g/mol. The second-order valence-electron chi connectivity index (χ2n) is 3.83. The van der Waals surface area contributed by atoms with Crippen LogP contribution in [0.3, 0.4) is 0 Å². The summed E-state index contributed by atoms with van der Waals surface area (Å²) in [5.74, 6) is 0.394. The Kier molecular flexibility index (Phi) is 3.16. The summed E-state index contributed by atoms with van der Waals surface area (Å²) in [4.78, 5) is 23.9. The van der Waals surface area contributed by atoms with Crippen molar-refractivity contribution in [1.82, 2.24) is 4.90 Å². The van der Waals surface area contributed by atoms with Gasteiger partial charge in [-0.25, -0.2) is 0 Å². The van der Waals surface area contributed by atoms with Crippen LogP contribution in [-0.2, 0) is 25.1 Å². The molecule has 0 N–H and O–H groups in total. The fourth-order valence-electron chi connectivity index (χ4n) is 1.98. The Balaban J connectivity index is 1.95. The predicted octanol–water partition coefficient (Wildman–Crippen LogP) is -0.717. The van der Waals surface area contributed by atoms with Crippen LogP contribution in [0.25, 0.3) is 0 Å². The van der Waals surface area contributed by atoms with Crippen LogP contribution in [0.2, 0.25) is 0 Å². The third kappa shape index (κ3) is 2.63. The van der Waals surface area contributed by atoms with Gasteiger partial charge in [-0.15, -0.1) is 0 Å². The number of cyclic esters (lactones) is 2. The molecule has 0 bridgehead atoms. The van der Waals surface area contributed by atoms with E-state index < -0.39 is 22.7 Å². The van der Waals surface area contributed by atoms with Gasteiger partial charge in [-0.1, -0.05) is 0 Å². The van der Waals surface area contributed by atoms with E-state index >= 15 is 0 Å². The maximum Gasteiger partial charge on any atom is 0.327 e. The number of hydrogen-bond acceptors (Lipinski definition) is 5. The van der Waals surface area contributed by atoms with Crippen LogP contribution in [-0.4, -0.2) is 51.7 Å². The standard InChI is InChI=1S/C9H13NO4S/c11-8-5-10(6-9(12)14-8)7-1-3-15(13)4-2-7/h7H,1-6H2. The van der Waals surface area contributed by atoms with Crippen LogP contribution in [0.1, 0.15) is 12.8 Å². The highest BCUT2D eigenvalue weighted by atomic mass is 32.2. The molecule has 0 aliphatic carbocycles. The van der Waals surface area contributed by atoms with Crippen LogP contribution >= 0.6 is 0 Å². The fraction of sp³-hybridized carbons (Fsp3) is 0.778. The first kappa shape index (κ1) is 10.8. The number of carbonyl (C=O) groups is 2. The van der Waals surface area contributed by atoms with Crippen molar-refractivity contribution >= 4 is 22.7 Å².